The van der Waals surface area contributed by atoms with Crippen LogP contribution in [0.5, 0.6) is 5.75 Å². The van der Waals surface area contributed by atoms with Crippen molar-refractivity contribution < 1.29 is 42.9 Å². The van der Waals surface area contributed by atoms with E-state index >= 15 is 0 Å². The fourth-order valence-electron chi connectivity index (χ4n) is 3.28. The lowest BCUT2D eigenvalue weighted by Gasteiger charge is -2.32. The number of anilines is 1. The van der Waals surface area contributed by atoms with Gasteiger partial charge in [-0.25, -0.2) is 9.59 Å². The van der Waals surface area contributed by atoms with Gasteiger partial charge in [-0.3, -0.25) is 9.69 Å². The third kappa shape index (κ3) is 8.11. The molecule has 2 aromatic carbocycles. The monoisotopic (exact) mass is 468 g/mol. The Hall–Kier alpha value is -3.60. The Bertz CT molecular complexity index is 982. The molecule has 33 heavy (non-hydrogen) atoms. The number of aliphatic carboxylic acids is 1. The molecule has 8 nitrogen and oxygen atoms in total. The minimum atomic E-state index is -5.08. The zero-order valence-corrected chi connectivity index (χ0v) is 17.4. The van der Waals surface area contributed by atoms with Crippen molar-refractivity contribution in [2.45, 2.75) is 25.6 Å². The Morgan fingerprint density at radius 1 is 1.06 bits per heavy atom. The number of carboxylic acid groups (broad SMARTS) is 2. The number of amides is 1. The molecule has 1 heterocycles. The lowest BCUT2D eigenvalue weighted by molar-refractivity contribution is -0.192. The van der Waals surface area contributed by atoms with Crippen molar-refractivity contribution in [2.75, 3.05) is 18.4 Å². The average Bonchev–Trinajstić information content (AvgIpc) is 2.75. The van der Waals surface area contributed by atoms with Crippen molar-refractivity contribution in [1.82, 2.24) is 4.90 Å². The van der Waals surface area contributed by atoms with E-state index in [1.807, 2.05) is 18.2 Å². The SMILES string of the molecule is O=C(O)C(F)(F)F.O=C(O)c1cc(NC(=O)C2CCCN(Cc3ccccc3)C2)ccc1O. The highest BCUT2D eigenvalue weighted by molar-refractivity contribution is 5.96. The minimum absolute atomic E-state index is 0.121. The van der Waals surface area contributed by atoms with E-state index in [9.17, 15) is 27.9 Å². The number of likely N-dealkylation sites (tertiary alicyclic amines) is 1. The second-order valence-corrected chi connectivity index (χ2v) is 7.39. The Morgan fingerprint density at radius 2 is 1.70 bits per heavy atom. The molecule has 178 valence electrons. The molecule has 1 aliphatic rings. The van der Waals surface area contributed by atoms with E-state index < -0.39 is 18.1 Å². The molecule has 1 atom stereocenters. The van der Waals surface area contributed by atoms with Gasteiger partial charge in [0.1, 0.15) is 11.3 Å². The first-order chi connectivity index (χ1) is 15.5. The number of carbonyl (C=O) groups is 3. The van der Waals surface area contributed by atoms with E-state index in [0.717, 1.165) is 25.9 Å². The van der Waals surface area contributed by atoms with Crippen LogP contribution in [0.3, 0.4) is 0 Å². The van der Waals surface area contributed by atoms with Crippen LogP contribution in [0.15, 0.2) is 48.5 Å². The molecule has 0 spiro atoms. The van der Waals surface area contributed by atoms with Crippen LogP contribution in [0, 0.1) is 5.92 Å². The number of benzene rings is 2. The van der Waals surface area contributed by atoms with Crippen LogP contribution in [-0.2, 0) is 16.1 Å². The van der Waals surface area contributed by atoms with Crippen molar-refractivity contribution >= 4 is 23.5 Å². The first-order valence-electron chi connectivity index (χ1n) is 9.91. The van der Waals surface area contributed by atoms with Crippen LogP contribution < -0.4 is 5.32 Å². The summed E-state index contributed by atoms with van der Waals surface area (Å²) < 4.78 is 31.7. The van der Waals surface area contributed by atoms with Gasteiger partial charge in [-0.2, -0.15) is 13.2 Å². The number of carbonyl (C=O) groups excluding carboxylic acids is 1. The van der Waals surface area contributed by atoms with Gasteiger partial charge in [0.05, 0.1) is 5.92 Å². The molecule has 1 amide bonds. The smallest absolute Gasteiger partial charge is 0.490 e. The van der Waals surface area contributed by atoms with E-state index in [2.05, 4.69) is 22.3 Å². The molecule has 0 aliphatic carbocycles. The molecule has 1 unspecified atom stereocenters. The number of phenols is 1. The molecular formula is C22H23F3N2O6. The van der Waals surface area contributed by atoms with Gasteiger partial charge >= 0.3 is 18.1 Å². The molecule has 1 fully saturated rings. The summed E-state index contributed by atoms with van der Waals surface area (Å²) in [7, 11) is 0. The molecule has 0 aromatic heterocycles. The first kappa shape index (κ1) is 25.7. The zero-order valence-electron chi connectivity index (χ0n) is 17.4. The number of aromatic hydroxyl groups is 1. The summed E-state index contributed by atoms with van der Waals surface area (Å²) in [5.41, 5.74) is 1.38. The van der Waals surface area contributed by atoms with Gasteiger partial charge in [0, 0.05) is 18.8 Å². The number of nitrogens with one attached hydrogen (secondary N) is 1. The maximum Gasteiger partial charge on any atom is 0.490 e. The van der Waals surface area contributed by atoms with Crippen LogP contribution in [0.25, 0.3) is 0 Å². The van der Waals surface area contributed by atoms with Gasteiger partial charge in [0.25, 0.3) is 0 Å². The molecule has 0 saturated carbocycles. The Labute approximate surface area is 187 Å². The summed E-state index contributed by atoms with van der Waals surface area (Å²) in [6.07, 6.45) is -3.33. The second-order valence-electron chi connectivity index (χ2n) is 7.39. The molecule has 4 N–H and O–H groups in total. The largest absolute Gasteiger partial charge is 0.507 e. The van der Waals surface area contributed by atoms with Crippen LogP contribution in [0.4, 0.5) is 18.9 Å². The Balaban J connectivity index is 0.000000479. The van der Waals surface area contributed by atoms with Crippen molar-refractivity contribution in [3.8, 4) is 5.75 Å². The predicted octanol–water partition coefficient (Wildman–Crippen LogP) is 3.57. The normalized spacial score (nSPS) is 16.3. The van der Waals surface area contributed by atoms with Crippen LogP contribution in [0.1, 0.15) is 28.8 Å². The number of alkyl halides is 3. The quantitative estimate of drug-likeness (QED) is 0.494. The molecule has 1 aliphatic heterocycles. The second kappa shape index (κ2) is 11.3. The van der Waals surface area contributed by atoms with Crippen LogP contribution >= 0.6 is 0 Å². The summed E-state index contributed by atoms with van der Waals surface area (Å²) in [5, 5.41) is 28.5. The maximum absolute atomic E-state index is 12.6. The van der Waals surface area contributed by atoms with Gasteiger partial charge < -0.3 is 20.6 Å². The van der Waals surface area contributed by atoms with Crippen molar-refractivity contribution in [3.05, 3.63) is 59.7 Å². The van der Waals surface area contributed by atoms with Crippen molar-refractivity contribution in [1.29, 1.82) is 0 Å². The number of piperidine rings is 1. The molecular weight excluding hydrogens is 445 g/mol. The van der Waals surface area contributed by atoms with Gasteiger partial charge in [-0.1, -0.05) is 30.3 Å². The summed E-state index contributed by atoms with van der Waals surface area (Å²) in [6.45, 7) is 2.44. The van der Waals surface area contributed by atoms with Gasteiger partial charge in [-0.05, 0) is 43.1 Å². The topological polar surface area (TPSA) is 127 Å². The van der Waals surface area contributed by atoms with Gasteiger partial charge in [0.15, 0.2) is 0 Å². The molecule has 11 heteroatoms. The summed E-state index contributed by atoms with van der Waals surface area (Å²) in [6, 6.07) is 14.2. The first-order valence-corrected chi connectivity index (χ1v) is 9.91. The van der Waals surface area contributed by atoms with E-state index in [4.69, 9.17) is 15.0 Å². The summed E-state index contributed by atoms with van der Waals surface area (Å²) in [4.78, 5) is 34.8. The Morgan fingerprint density at radius 3 is 2.27 bits per heavy atom. The number of carboxylic acids is 2. The van der Waals surface area contributed by atoms with Crippen molar-refractivity contribution in [2.24, 2.45) is 5.92 Å². The van der Waals surface area contributed by atoms with E-state index in [-0.39, 0.29) is 23.1 Å². The lowest BCUT2D eigenvalue weighted by Crippen LogP contribution is -2.40. The summed E-state index contributed by atoms with van der Waals surface area (Å²) >= 11 is 0. The number of rotatable bonds is 5. The highest BCUT2D eigenvalue weighted by Crippen LogP contribution is 2.24. The third-order valence-corrected chi connectivity index (χ3v) is 4.86. The fraction of sp³-hybridized carbons (Fsp3) is 0.318. The van der Waals surface area contributed by atoms with Gasteiger partial charge in [0.2, 0.25) is 5.91 Å². The average molecular weight is 468 g/mol. The van der Waals surface area contributed by atoms with Crippen LogP contribution in [-0.4, -0.2) is 57.3 Å². The highest BCUT2D eigenvalue weighted by Gasteiger charge is 2.38. The third-order valence-electron chi connectivity index (χ3n) is 4.86. The van der Waals surface area contributed by atoms with E-state index in [1.54, 1.807) is 0 Å². The molecule has 0 bridgehead atoms. The predicted molar refractivity (Wildman–Crippen MR) is 112 cm³/mol. The van der Waals surface area contributed by atoms with E-state index in [0.29, 0.717) is 12.2 Å². The van der Waals surface area contributed by atoms with E-state index in [1.165, 1.54) is 23.8 Å². The number of aromatic carboxylic acids is 1. The number of hydrogen-bond acceptors (Lipinski definition) is 5. The lowest BCUT2D eigenvalue weighted by atomic mass is 9.96. The maximum atomic E-state index is 12.6. The fourth-order valence-corrected chi connectivity index (χ4v) is 3.28. The number of nitrogens with zero attached hydrogens (tertiary/aromatic N) is 1. The molecule has 0 radical (unpaired) electrons. The highest BCUT2D eigenvalue weighted by atomic mass is 19.4. The standard InChI is InChI=1S/C20H22N2O4.C2HF3O2/c23-18-9-8-16(11-17(18)20(25)26)21-19(24)15-7-4-10-22(13-15)12-14-5-2-1-3-6-14;3-2(4,5)1(6)7/h1-3,5-6,8-9,11,15,23H,4,7,10,12-13H2,(H,21,24)(H,25,26);(H,6,7). The van der Waals surface area contributed by atoms with Crippen molar-refractivity contribution in [3.63, 3.8) is 0 Å². The molecule has 2 aromatic rings. The molecule has 1 saturated heterocycles. The molecule has 3 rings (SSSR count). The van der Waals surface area contributed by atoms with Crippen LogP contribution in [0.2, 0.25) is 0 Å². The number of halogens is 3. The zero-order chi connectivity index (χ0) is 24.6. The Kier molecular flexibility index (Phi) is 8.80. The minimum Gasteiger partial charge on any atom is -0.507 e. The number of hydrogen-bond donors (Lipinski definition) is 4. The summed E-state index contributed by atoms with van der Waals surface area (Å²) in [5.74, 6) is -4.57. The van der Waals surface area contributed by atoms with Gasteiger partial charge in [-0.15, -0.1) is 0 Å².